The summed E-state index contributed by atoms with van der Waals surface area (Å²) in [5.41, 5.74) is 0.725. The van der Waals surface area contributed by atoms with E-state index >= 15 is 0 Å². The summed E-state index contributed by atoms with van der Waals surface area (Å²) in [6, 6.07) is -0.717. The number of halogens is 3. The minimum Gasteiger partial charge on any atom is -0.488 e. The zero-order valence-electron chi connectivity index (χ0n) is 17.9. The Morgan fingerprint density at radius 1 is 1.22 bits per heavy atom. The Hall–Kier alpha value is -3.08. The third-order valence-electron chi connectivity index (χ3n) is 5.60. The fraction of sp³-hybridized carbons (Fsp3) is 0.476. The number of carbonyl (C=O) groups excluding carboxylic acids is 1. The molecule has 1 amide bonds. The summed E-state index contributed by atoms with van der Waals surface area (Å²) in [6.07, 6.45) is 1.64. The molecule has 2 aromatic heterocycles. The van der Waals surface area contributed by atoms with Crippen molar-refractivity contribution in [2.45, 2.75) is 31.6 Å². The third kappa shape index (κ3) is 4.87. The van der Waals surface area contributed by atoms with Gasteiger partial charge in [0.1, 0.15) is 17.8 Å². The number of H-pyrrole nitrogens is 1. The molecule has 0 spiro atoms. The van der Waals surface area contributed by atoms with Gasteiger partial charge in [-0.25, -0.2) is 9.97 Å². The van der Waals surface area contributed by atoms with E-state index in [0.717, 1.165) is 36.1 Å². The average Bonchev–Trinajstić information content (AvgIpc) is 3.14. The van der Waals surface area contributed by atoms with Crippen LogP contribution in [0.5, 0.6) is 0 Å². The highest BCUT2D eigenvalue weighted by Crippen LogP contribution is 2.34. The third-order valence-corrected chi connectivity index (χ3v) is 5.60. The Balaban J connectivity index is 1.72. The summed E-state index contributed by atoms with van der Waals surface area (Å²) in [5, 5.41) is 3.86. The van der Waals surface area contributed by atoms with Gasteiger partial charge in [-0.15, -0.1) is 0 Å². The van der Waals surface area contributed by atoms with E-state index in [9.17, 15) is 18.0 Å². The van der Waals surface area contributed by atoms with Crippen molar-refractivity contribution < 1.29 is 22.7 Å². The number of rotatable bonds is 0. The van der Waals surface area contributed by atoms with Gasteiger partial charge in [-0.05, 0) is 37.7 Å². The second kappa shape index (κ2) is 8.81. The summed E-state index contributed by atoms with van der Waals surface area (Å²) in [5.74, 6) is 0.274. The van der Waals surface area contributed by atoms with E-state index in [1.54, 1.807) is 7.05 Å². The number of aromatic nitrogens is 3. The Labute approximate surface area is 183 Å². The van der Waals surface area contributed by atoms with Crippen LogP contribution < -0.4 is 5.32 Å². The lowest BCUT2D eigenvalue weighted by Gasteiger charge is -2.26. The van der Waals surface area contributed by atoms with E-state index in [0.29, 0.717) is 24.6 Å². The number of ether oxygens (including phenoxy) is 1. The van der Waals surface area contributed by atoms with Crippen LogP contribution in [-0.2, 0) is 16.1 Å². The molecule has 1 aliphatic carbocycles. The van der Waals surface area contributed by atoms with E-state index in [-0.39, 0.29) is 24.7 Å². The van der Waals surface area contributed by atoms with Gasteiger partial charge < -0.3 is 24.8 Å². The summed E-state index contributed by atoms with van der Waals surface area (Å²) in [6.45, 7) is 1.57. The maximum atomic E-state index is 13.5. The first-order chi connectivity index (χ1) is 15.2. The largest absolute Gasteiger partial charge is 0.488 e. The van der Waals surface area contributed by atoms with Crippen molar-refractivity contribution in [1.82, 2.24) is 24.8 Å². The number of carbonyl (C=O) groups is 1. The molecule has 0 fully saturated rings. The molecule has 2 aliphatic rings. The van der Waals surface area contributed by atoms with E-state index in [4.69, 9.17) is 4.74 Å². The highest BCUT2D eigenvalue weighted by molar-refractivity contribution is 5.90. The number of hydrogen-bond donors (Lipinski definition) is 2. The van der Waals surface area contributed by atoms with Crippen LogP contribution >= 0.6 is 0 Å². The van der Waals surface area contributed by atoms with E-state index < -0.39 is 17.8 Å². The average molecular weight is 450 g/mol. The maximum absolute atomic E-state index is 13.5. The topological polar surface area (TPSA) is 86.4 Å². The van der Waals surface area contributed by atoms with Gasteiger partial charge in [-0.1, -0.05) is 0 Å². The van der Waals surface area contributed by atoms with Gasteiger partial charge in [0.25, 0.3) is 5.91 Å². The first kappa shape index (κ1) is 22.1. The zero-order chi connectivity index (χ0) is 22.9. The van der Waals surface area contributed by atoms with Crippen LogP contribution in [0, 0.1) is 0 Å². The molecule has 0 radical (unpaired) electrons. The molecular weight excluding hydrogens is 425 g/mol. The Bertz CT molecular complexity index is 1060. The molecule has 2 aromatic rings. The second-order valence-electron chi connectivity index (χ2n) is 8.14. The SMILES string of the molecule is CN1CCCN(C)C(=O)COC2=CC(C(F)(F)F)=CC(C2)Nc2ncnc3[nH]cc(c23)C1. The van der Waals surface area contributed by atoms with Crippen molar-refractivity contribution in [3.05, 3.63) is 41.6 Å². The van der Waals surface area contributed by atoms with Crippen LogP contribution in [0.25, 0.3) is 11.0 Å². The maximum Gasteiger partial charge on any atom is 0.416 e. The molecule has 172 valence electrons. The number of nitrogens with zero attached hydrogens (tertiary/aromatic N) is 4. The van der Waals surface area contributed by atoms with E-state index in [2.05, 4.69) is 25.2 Å². The second-order valence-corrected chi connectivity index (χ2v) is 8.14. The van der Waals surface area contributed by atoms with Crippen molar-refractivity contribution in [1.29, 1.82) is 0 Å². The van der Waals surface area contributed by atoms with Gasteiger partial charge in [-0.3, -0.25) is 4.79 Å². The van der Waals surface area contributed by atoms with Gasteiger partial charge in [0.2, 0.25) is 0 Å². The monoisotopic (exact) mass is 450 g/mol. The fourth-order valence-electron chi connectivity index (χ4n) is 3.92. The molecule has 1 aliphatic heterocycles. The molecule has 0 aromatic carbocycles. The molecule has 3 heterocycles. The lowest BCUT2D eigenvalue weighted by molar-refractivity contribution is -0.133. The molecule has 4 rings (SSSR count). The summed E-state index contributed by atoms with van der Waals surface area (Å²) in [4.78, 5) is 27.7. The molecule has 1 atom stereocenters. The standard InChI is InChI=1S/C21H25F3N6O2/c1-29-4-3-5-30(2)17(31)11-32-16-7-14(21(22,23)24)6-15(8-16)28-20-18-13(10-29)9-25-19(18)26-12-27-20/h6-7,9,12,15H,3-5,8,10-11H2,1-2H3,(H2,25,26,27,28). The minimum absolute atomic E-state index is 0.102. The zero-order valence-corrected chi connectivity index (χ0v) is 17.9. The van der Waals surface area contributed by atoms with Gasteiger partial charge in [0.05, 0.1) is 22.8 Å². The number of nitrogens with one attached hydrogen (secondary N) is 2. The Morgan fingerprint density at radius 3 is 2.81 bits per heavy atom. The fourth-order valence-corrected chi connectivity index (χ4v) is 3.92. The lowest BCUT2D eigenvalue weighted by Crippen LogP contribution is -2.33. The number of allylic oxidation sites excluding steroid dienone is 2. The quantitative estimate of drug-likeness (QED) is 0.642. The van der Waals surface area contributed by atoms with Crippen LogP contribution in [0.4, 0.5) is 19.0 Å². The molecule has 8 nitrogen and oxygen atoms in total. The number of likely N-dealkylation sites (N-methyl/N-ethyl adjacent to an activating group) is 1. The number of fused-ring (bicyclic) bond motifs is 2. The van der Waals surface area contributed by atoms with Crippen molar-refractivity contribution in [3.63, 3.8) is 0 Å². The molecule has 1 unspecified atom stereocenters. The van der Waals surface area contributed by atoms with Gasteiger partial charge in [0.15, 0.2) is 6.61 Å². The number of hydrogen-bond acceptors (Lipinski definition) is 6. The van der Waals surface area contributed by atoms with Gasteiger partial charge in [0, 0.05) is 32.8 Å². The number of amides is 1. The van der Waals surface area contributed by atoms with E-state index in [1.807, 2.05) is 13.2 Å². The summed E-state index contributed by atoms with van der Waals surface area (Å²) in [7, 11) is 3.64. The predicted octanol–water partition coefficient (Wildman–Crippen LogP) is 2.83. The molecule has 0 saturated heterocycles. The number of anilines is 1. The molecule has 2 bridgehead atoms. The van der Waals surface area contributed by atoms with Crippen molar-refractivity contribution in [2.75, 3.05) is 39.1 Å². The van der Waals surface area contributed by atoms with Crippen molar-refractivity contribution in [3.8, 4) is 0 Å². The number of alkyl halides is 3. The highest BCUT2D eigenvalue weighted by Gasteiger charge is 2.36. The van der Waals surface area contributed by atoms with Crippen LogP contribution in [0.3, 0.4) is 0 Å². The summed E-state index contributed by atoms with van der Waals surface area (Å²) < 4.78 is 46.1. The normalized spacial score (nSPS) is 21.6. The van der Waals surface area contributed by atoms with Crippen LogP contribution in [-0.4, -0.2) is 76.7 Å². The Morgan fingerprint density at radius 2 is 2.03 bits per heavy atom. The first-order valence-corrected chi connectivity index (χ1v) is 10.3. The molecule has 32 heavy (non-hydrogen) atoms. The van der Waals surface area contributed by atoms with Crippen LogP contribution in [0.2, 0.25) is 0 Å². The van der Waals surface area contributed by atoms with E-state index in [1.165, 1.54) is 11.2 Å². The van der Waals surface area contributed by atoms with Crippen LogP contribution in [0.1, 0.15) is 18.4 Å². The predicted molar refractivity (Wildman–Crippen MR) is 113 cm³/mol. The molecular formula is C21H25F3N6O2. The van der Waals surface area contributed by atoms with Gasteiger partial charge in [-0.2, -0.15) is 13.2 Å². The Kier molecular flexibility index (Phi) is 6.09. The number of aromatic amines is 1. The van der Waals surface area contributed by atoms with Crippen molar-refractivity contribution in [2.24, 2.45) is 0 Å². The molecule has 11 heteroatoms. The smallest absolute Gasteiger partial charge is 0.416 e. The summed E-state index contributed by atoms with van der Waals surface area (Å²) >= 11 is 0. The highest BCUT2D eigenvalue weighted by atomic mass is 19.4. The minimum atomic E-state index is -4.54. The first-order valence-electron chi connectivity index (χ1n) is 10.3. The lowest BCUT2D eigenvalue weighted by atomic mass is 10.00. The van der Waals surface area contributed by atoms with Crippen LogP contribution in [0.15, 0.2) is 36.0 Å². The molecule has 0 saturated carbocycles. The molecule has 2 N–H and O–H groups in total. The van der Waals surface area contributed by atoms with Crippen molar-refractivity contribution >= 4 is 22.8 Å². The van der Waals surface area contributed by atoms with Gasteiger partial charge >= 0.3 is 6.18 Å².